The Hall–Kier alpha value is -1.00. The van der Waals surface area contributed by atoms with Gasteiger partial charge in [0.05, 0.1) is 21.4 Å². The summed E-state index contributed by atoms with van der Waals surface area (Å²) in [5.74, 6) is 0. The highest BCUT2D eigenvalue weighted by molar-refractivity contribution is 7.18. The van der Waals surface area contributed by atoms with Gasteiger partial charge in [-0.1, -0.05) is 0 Å². The molecule has 1 saturated carbocycles. The minimum atomic E-state index is 0.0568. The van der Waals surface area contributed by atoms with Crippen LogP contribution in [0.3, 0.4) is 0 Å². The van der Waals surface area contributed by atoms with E-state index in [9.17, 15) is 0 Å². The first-order valence-corrected chi connectivity index (χ1v) is 5.55. The topological polar surface area (TPSA) is 51.8 Å². The van der Waals surface area contributed by atoms with Crippen LogP contribution in [0, 0.1) is 0 Å². The van der Waals surface area contributed by atoms with E-state index >= 15 is 0 Å². The lowest BCUT2D eigenvalue weighted by Gasteiger charge is -2.02. The molecular weight excluding hydrogens is 194 g/mol. The van der Waals surface area contributed by atoms with Crippen LogP contribution in [-0.2, 0) is 6.42 Å². The Balaban J connectivity index is 1.98. The van der Waals surface area contributed by atoms with Crippen molar-refractivity contribution in [3.63, 3.8) is 0 Å². The van der Waals surface area contributed by atoms with Gasteiger partial charge in [-0.2, -0.15) is 0 Å². The van der Waals surface area contributed by atoms with Crippen molar-refractivity contribution in [2.75, 3.05) is 0 Å². The summed E-state index contributed by atoms with van der Waals surface area (Å²) in [6.07, 6.45) is 6.82. The molecule has 3 rings (SSSR count). The summed E-state index contributed by atoms with van der Waals surface area (Å²) in [5.41, 5.74) is 7.11. The summed E-state index contributed by atoms with van der Waals surface area (Å²) in [6.45, 7) is 0. The first-order chi connectivity index (χ1) is 6.75. The van der Waals surface area contributed by atoms with Gasteiger partial charge in [0, 0.05) is 18.2 Å². The van der Waals surface area contributed by atoms with Crippen molar-refractivity contribution in [3.05, 3.63) is 23.5 Å². The number of aromatic nitrogens is 2. The van der Waals surface area contributed by atoms with Crippen LogP contribution in [-0.4, -0.2) is 15.5 Å². The van der Waals surface area contributed by atoms with Gasteiger partial charge in [-0.25, -0.2) is 4.98 Å². The molecule has 3 nitrogen and oxygen atoms in total. The monoisotopic (exact) mass is 205 g/mol. The lowest BCUT2D eigenvalue weighted by atomic mass is 10.2. The molecule has 0 radical (unpaired) electrons. The van der Waals surface area contributed by atoms with Crippen molar-refractivity contribution in [1.29, 1.82) is 0 Å². The minimum Gasteiger partial charge on any atom is -0.325 e. The Morgan fingerprint density at radius 1 is 1.50 bits per heavy atom. The van der Waals surface area contributed by atoms with Crippen LogP contribution in [0.5, 0.6) is 0 Å². The molecule has 1 aliphatic carbocycles. The first-order valence-electron chi connectivity index (χ1n) is 4.74. The quantitative estimate of drug-likeness (QED) is 0.812. The molecule has 72 valence electrons. The van der Waals surface area contributed by atoms with Crippen LogP contribution in [0.2, 0.25) is 0 Å². The maximum Gasteiger partial charge on any atom is 0.0998 e. The van der Waals surface area contributed by atoms with Crippen LogP contribution < -0.4 is 5.73 Å². The Kier molecular flexibility index (Phi) is 1.63. The van der Waals surface area contributed by atoms with Gasteiger partial charge < -0.3 is 5.73 Å². The zero-order chi connectivity index (χ0) is 9.60. The molecule has 2 heterocycles. The minimum absolute atomic E-state index is 0.0568. The maximum atomic E-state index is 6.05. The van der Waals surface area contributed by atoms with Crippen LogP contribution in [0.1, 0.15) is 17.8 Å². The smallest absolute Gasteiger partial charge is 0.0998 e. The highest BCUT2D eigenvalue weighted by Gasteiger charge is 2.38. The average Bonchev–Trinajstić information content (AvgIpc) is 2.77. The lowest BCUT2D eigenvalue weighted by molar-refractivity contribution is 0.670. The SMILES string of the molecule is NC1(Cc2nc3cnccc3s2)CC1. The summed E-state index contributed by atoms with van der Waals surface area (Å²) < 4.78 is 1.21. The molecular formula is C10H11N3S. The highest BCUT2D eigenvalue weighted by Crippen LogP contribution is 2.37. The Bertz CT molecular complexity index is 440. The molecule has 0 aromatic carbocycles. The molecule has 4 heteroatoms. The standard InChI is InChI=1S/C10H11N3S/c11-10(2-3-10)5-9-13-7-6-12-4-1-8(7)14-9/h1,4,6H,2-3,5,11H2. The van der Waals surface area contributed by atoms with Gasteiger partial charge in [0.1, 0.15) is 0 Å². The Morgan fingerprint density at radius 3 is 3.07 bits per heavy atom. The summed E-state index contributed by atoms with van der Waals surface area (Å²) in [6, 6.07) is 2.01. The van der Waals surface area contributed by atoms with E-state index in [4.69, 9.17) is 5.73 Å². The molecule has 0 spiro atoms. The van der Waals surface area contributed by atoms with E-state index in [1.807, 2.05) is 12.3 Å². The second kappa shape index (κ2) is 2.74. The van der Waals surface area contributed by atoms with Gasteiger partial charge >= 0.3 is 0 Å². The molecule has 2 aromatic rings. The van der Waals surface area contributed by atoms with Gasteiger partial charge in [-0.05, 0) is 18.9 Å². The van der Waals surface area contributed by atoms with Crippen molar-refractivity contribution in [2.45, 2.75) is 24.8 Å². The lowest BCUT2D eigenvalue weighted by Crippen LogP contribution is -2.24. The molecule has 0 saturated heterocycles. The van der Waals surface area contributed by atoms with E-state index in [0.717, 1.165) is 29.8 Å². The summed E-state index contributed by atoms with van der Waals surface area (Å²) in [7, 11) is 0. The molecule has 14 heavy (non-hydrogen) atoms. The third-order valence-electron chi connectivity index (χ3n) is 2.63. The predicted molar refractivity (Wildman–Crippen MR) is 57.3 cm³/mol. The summed E-state index contributed by atoms with van der Waals surface area (Å²) in [5, 5.41) is 1.15. The number of nitrogens with two attached hydrogens (primary N) is 1. The number of rotatable bonds is 2. The second-order valence-electron chi connectivity index (χ2n) is 3.99. The van der Waals surface area contributed by atoms with Crippen molar-refractivity contribution >= 4 is 21.6 Å². The van der Waals surface area contributed by atoms with Gasteiger partial charge in [0.15, 0.2) is 0 Å². The van der Waals surface area contributed by atoms with Crippen LogP contribution in [0.4, 0.5) is 0 Å². The molecule has 2 N–H and O–H groups in total. The fourth-order valence-electron chi connectivity index (χ4n) is 1.54. The van der Waals surface area contributed by atoms with Crippen LogP contribution >= 0.6 is 11.3 Å². The molecule has 0 unspecified atom stereocenters. The van der Waals surface area contributed by atoms with E-state index in [1.165, 1.54) is 4.70 Å². The third kappa shape index (κ3) is 1.40. The molecule has 1 fully saturated rings. The van der Waals surface area contributed by atoms with Crippen molar-refractivity contribution in [1.82, 2.24) is 9.97 Å². The summed E-state index contributed by atoms with van der Waals surface area (Å²) >= 11 is 1.73. The van der Waals surface area contributed by atoms with E-state index in [1.54, 1.807) is 17.5 Å². The van der Waals surface area contributed by atoms with E-state index in [0.29, 0.717) is 0 Å². The van der Waals surface area contributed by atoms with Crippen LogP contribution in [0.25, 0.3) is 10.2 Å². The molecule has 0 aliphatic heterocycles. The Morgan fingerprint density at radius 2 is 2.36 bits per heavy atom. The van der Waals surface area contributed by atoms with Gasteiger partial charge in [-0.3, -0.25) is 4.98 Å². The fraction of sp³-hybridized carbons (Fsp3) is 0.400. The van der Waals surface area contributed by atoms with Gasteiger partial charge in [0.25, 0.3) is 0 Å². The largest absolute Gasteiger partial charge is 0.325 e. The fourth-order valence-corrected chi connectivity index (χ4v) is 2.63. The average molecular weight is 205 g/mol. The van der Waals surface area contributed by atoms with Crippen molar-refractivity contribution in [2.24, 2.45) is 5.73 Å². The third-order valence-corrected chi connectivity index (χ3v) is 3.67. The predicted octanol–water partition coefficient (Wildman–Crippen LogP) is 1.73. The Labute approximate surface area is 86.0 Å². The highest BCUT2D eigenvalue weighted by atomic mass is 32.1. The zero-order valence-electron chi connectivity index (χ0n) is 7.73. The molecule has 2 aromatic heterocycles. The zero-order valence-corrected chi connectivity index (χ0v) is 8.55. The molecule has 0 bridgehead atoms. The van der Waals surface area contributed by atoms with Gasteiger partial charge in [-0.15, -0.1) is 11.3 Å². The molecule has 0 atom stereocenters. The summed E-state index contributed by atoms with van der Waals surface area (Å²) in [4.78, 5) is 8.57. The number of pyridine rings is 1. The first kappa shape index (κ1) is 8.32. The number of fused-ring (bicyclic) bond motifs is 1. The van der Waals surface area contributed by atoms with E-state index in [2.05, 4.69) is 9.97 Å². The second-order valence-corrected chi connectivity index (χ2v) is 5.11. The number of thiazole rings is 1. The van der Waals surface area contributed by atoms with Crippen LogP contribution in [0.15, 0.2) is 18.5 Å². The normalized spacial score (nSPS) is 18.6. The molecule has 0 amide bonds. The number of hydrogen-bond acceptors (Lipinski definition) is 4. The number of nitrogens with zero attached hydrogens (tertiary/aromatic N) is 2. The van der Waals surface area contributed by atoms with Crippen molar-refractivity contribution < 1.29 is 0 Å². The number of hydrogen-bond donors (Lipinski definition) is 1. The van der Waals surface area contributed by atoms with Gasteiger partial charge in [0.2, 0.25) is 0 Å². The maximum absolute atomic E-state index is 6.05. The molecule has 1 aliphatic rings. The van der Waals surface area contributed by atoms with Crippen molar-refractivity contribution in [3.8, 4) is 0 Å². The van der Waals surface area contributed by atoms with E-state index < -0.39 is 0 Å². The van der Waals surface area contributed by atoms with E-state index in [-0.39, 0.29) is 5.54 Å².